The van der Waals surface area contributed by atoms with Gasteiger partial charge in [-0.15, -0.1) is 12.4 Å². The lowest BCUT2D eigenvalue weighted by molar-refractivity contribution is -0.118. The number of anilines is 1. The first kappa shape index (κ1) is 22.3. The molecular formula is C22H29ClFN3O. The summed E-state index contributed by atoms with van der Waals surface area (Å²) in [6.45, 7) is 6.78. The van der Waals surface area contributed by atoms with E-state index in [2.05, 4.69) is 41.5 Å². The van der Waals surface area contributed by atoms with Crippen LogP contribution >= 0.6 is 12.4 Å². The molecule has 0 spiro atoms. The molecule has 0 radical (unpaired) electrons. The molecule has 1 amide bonds. The minimum atomic E-state index is -0.244. The molecular weight excluding hydrogens is 377 g/mol. The Kier molecular flexibility index (Phi) is 8.42. The highest BCUT2D eigenvalue weighted by atomic mass is 35.5. The van der Waals surface area contributed by atoms with Gasteiger partial charge in [-0.3, -0.25) is 9.69 Å². The predicted octanol–water partition coefficient (Wildman–Crippen LogP) is 3.96. The third-order valence-electron chi connectivity index (χ3n) is 5.20. The van der Waals surface area contributed by atoms with Gasteiger partial charge in [0.1, 0.15) is 5.82 Å². The smallest absolute Gasteiger partial charge is 0.238 e. The van der Waals surface area contributed by atoms with Crippen LogP contribution < -0.4 is 10.6 Å². The summed E-state index contributed by atoms with van der Waals surface area (Å²) in [5.41, 5.74) is 4.16. The minimum absolute atomic E-state index is 0. The van der Waals surface area contributed by atoms with Gasteiger partial charge >= 0.3 is 0 Å². The first-order valence-electron chi connectivity index (χ1n) is 9.73. The van der Waals surface area contributed by atoms with Crippen LogP contribution in [0.4, 0.5) is 10.1 Å². The molecule has 2 aromatic carbocycles. The van der Waals surface area contributed by atoms with Gasteiger partial charge in [0.15, 0.2) is 0 Å². The quantitative estimate of drug-likeness (QED) is 0.764. The Balaban J connectivity index is 0.00000280. The number of amides is 1. The molecule has 28 heavy (non-hydrogen) atoms. The number of rotatable bonds is 6. The maximum absolute atomic E-state index is 13.6. The highest BCUT2D eigenvalue weighted by Gasteiger charge is 2.26. The molecule has 0 aromatic heterocycles. The van der Waals surface area contributed by atoms with Crippen LogP contribution in [-0.2, 0) is 17.6 Å². The van der Waals surface area contributed by atoms with Crippen molar-refractivity contribution in [2.24, 2.45) is 0 Å². The summed E-state index contributed by atoms with van der Waals surface area (Å²) in [5.74, 6) is -0.263. The van der Waals surface area contributed by atoms with Crippen molar-refractivity contribution >= 4 is 24.0 Å². The van der Waals surface area contributed by atoms with Crippen molar-refractivity contribution in [3.8, 4) is 0 Å². The first-order chi connectivity index (χ1) is 13.1. The van der Waals surface area contributed by atoms with Gasteiger partial charge in [-0.1, -0.05) is 44.2 Å². The van der Waals surface area contributed by atoms with Crippen LogP contribution in [0.5, 0.6) is 0 Å². The van der Waals surface area contributed by atoms with E-state index in [9.17, 15) is 9.18 Å². The van der Waals surface area contributed by atoms with Gasteiger partial charge in [0.05, 0.1) is 6.54 Å². The van der Waals surface area contributed by atoms with Crippen LogP contribution in [-0.4, -0.2) is 37.0 Å². The maximum atomic E-state index is 13.6. The Bertz CT molecular complexity index is 777. The Morgan fingerprint density at radius 1 is 1.18 bits per heavy atom. The number of nitrogens with zero attached hydrogens (tertiary/aromatic N) is 1. The average Bonchev–Trinajstić information content (AvgIpc) is 2.68. The van der Waals surface area contributed by atoms with Crippen LogP contribution in [0, 0.1) is 5.82 Å². The first-order valence-corrected chi connectivity index (χ1v) is 9.73. The highest BCUT2D eigenvalue weighted by molar-refractivity contribution is 5.94. The van der Waals surface area contributed by atoms with Crippen LogP contribution in [0.2, 0.25) is 0 Å². The molecule has 1 fully saturated rings. The summed E-state index contributed by atoms with van der Waals surface area (Å²) >= 11 is 0. The fourth-order valence-electron chi connectivity index (χ4n) is 3.74. The standard InChI is InChI=1S/C22H28FN3O.ClH/c1-3-16-7-5-8-17(4-2)22(16)25-21(27)15-26-12-11-24-14-20(26)18-9-6-10-19(23)13-18;/h5-10,13,20,24H,3-4,11-12,14-15H2,1-2H3,(H,25,27);1H. The normalized spacial score (nSPS) is 17.0. The maximum Gasteiger partial charge on any atom is 0.238 e. The summed E-state index contributed by atoms with van der Waals surface area (Å²) < 4.78 is 13.6. The molecule has 4 nitrogen and oxygen atoms in total. The second-order valence-electron chi connectivity index (χ2n) is 6.95. The van der Waals surface area contributed by atoms with Crippen molar-refractivity contribution in [3.63, 3.8) is 0 Å². The largest absolute Gasteiger partial charge is 0.324 e. The van der Waals surface area contributed by atoms with Gasteiger partial charge in [0.2, 0.25) is 5.91 Å². The van der Waals surface area contributed by atoms with Crippen molar-refractivity contribution in [2.45, 2.75) is 32.7 Å². The molecule has 2 aromatic rings. The van der Waals surface area contributed by atoms with Crippen molar-refractivity contribution in [1.82, 2.24) is 10.2 Å². The monoisotopic (exact) mass is 405 g/mol. The van der Waals surface area contributed by atoms with Crippen LogP contribution in [0.15, 0.2) is 42.5 Å². The number of para-hydroxylation sites is 1. The summed E-state index contributed by atoms with van der Waals surface area (Å²) in [4.78, 5) is 14.9. The number of carbonyl (C=O) groups is 1. The Hall–Kier alpha value is -1.95. The zero-order valence-corrected chi connectivity index (χ0v) is 17.3. The number of nitrogens with one attached hydrogen (secondary N) is 2. The Morgan fingerprint density at radius 3 is 2.50 bits per heavy atom. The van der Waals surface area contributed by atoms with Crippen LogP contribution in [0.25, 0.3) is 0 Å². The van der Waals surface area contributed by atoms with E-state index in [4.69, 9.17) is 0 Å². The molecule has 2 N–H and O–H groups in total. The third kappa shape index (κ3) is 5.31. The number of hydrogen-bond donors (Lipinski definition) is 2. The average molecular weight is 406 g/mol. The summed E-state index contributed by atoms with van der Waals surface area (Å²) in [6, 6.07) is 12.8. The Morgan fingerprint density at radius 2 is 1.86 bits per heavy atom. The van der Waals surface area contributed by atoms with Gasteiger partial charge < -0.3 is 10.6 Å². The predicted molar refractivity (Wildman–Crippen MR) is 115 cm³/mol. The topological polar surface area (TPSA) is 44.4 Å². The van der Waals surface area contributed by atoms with E-state index in [1.165, 1.54) is 6.07 Å². The van der Waals surface area contributed by atoms with E-state index in [-0.39, 0.29) is 30.2 Å². The molecule has 1 unspecified atom stereocenters. The summed E-state index contributed by atoms with van der Waals surface area (Å²) in [6.07, 6.45) is 1.76. The van der Waals surface area contributed by atoms with Crippen molar-refractivity contribution in [2.75, 3.05) is 31.5 Å². The number of hydrogen-bond acceptors (Lipinski definition) is 3. The van der Waals surface area contributed by atoms with E-state index in [1.807, 2.05) is 12.1 Å². The number of benzene rings is 2. The molecule has 1 saturated heterocycles. The van der Waals surface area contributed by atoms with Crippen LogP contribution in [0.3, 0.4) is 0 Å². The third-order valence-corrected chi connectivity index (χ3v) is 5.20. The second kappa shape index (κ2) is 10.6. The lowest BCUT2D eigenvalue weighted by atomic mass is 10.0. The molecule has 0 aliphatic carbocycles. The van der Waals surface area contributed by atoms with Crippen molar-refractivity contribution in [3.05, 3.63) is 65.0 Å². The molecule has 1 heterocycles. The van der Waals surface area contributed by atoms with E-state index in [0.29, 0.717) is 13.1 Å². The summed E-state index contributed by atoms with van der Waals surface area (Å²) in [7, 11) is 0. The van der Waals surface area contributed by atoms with E-state index in [0.717, 1.165) is 48.3 Å². The highest BCUT2D eigenvalue weighted by Crippen LogP contribution is 2.25. The summed E-state index contributed by atoms with van der Waals surface area (Å²) in [5, 5.41) is 6.48. The molecule has 1 atom stereocenters. The zero-order chi connectivity index (χ0) is 19.2. The lowest BCUT2D eigenvalue weighted by Crippen LogP contribution is -2.48. The molecule has 0 bridgehead atoms. The lowest BCUT2D eigenvalue weighted by Gasteiger charge is -2.36. The van der Waals surface area contributed by atoms with Crippen molar-refractivity contribution in [1.29, 1.82) is 0 Å². The van der Waals surface area contributed by atoms with E-state index in [1.54, 1.807) is 12.1 Å². The van der Waals surface area contributed by atoms with Gasteiger partial charge in [0, 0.05) is 31.4 Å². The van der Waals surface area contributed by atoms with E-state index < -0.39 is 0 Å². The number of halogens is 2. The second-order valence-corrected chi connectivity index (χ2v) is 6.95. The molecule has 6 heteroatoms. The van der Waals surface area contributed by atoms with Gasteiger partial charge in [-0.25, -0.2) is 4.39 Å². The fraction of sp³-hybridized carbons (Fsp3) is 0.409. The van der Waals surface area contributed by atoms with Gasteiger partial charge in [-0.05, 0) is 41.7 Å². The molecule has 1 aliphatic rings. The van der Waals surface area contributed by atoms with Gasteiger partial charge in [0.25, 0.3) is 0 Å². The molecule has 0 saturated carbocycles. The minimum Gasteiger partial charge on any atom is -0.324 e. The SMILES string of the molecule is CCc1cccc(CC)c1NC(=O)CN1CCNCC1c1cccc(F)c1.Cl. The number of aryl methyl sites for hydroxylation is 2. The van der Waals surface area contributed by atoms with E-state index >= 15 is 0 Å². The van der Waals surface area contributed by atoms with Gasteiger partial charge in [-0.2, -0.15) is 0 Å². The fourth-order valence-corrected chi connectivity index (χ4v) is 3.74. The van der Waals surface area contributed by atoms with Crippen LogP contribution in [0.1, 0.15) is 36.6 Å². The number of carbonyl (C=O) groups excluding carboxylic acids is 1. The number of piperazine rings is 1. The molecule has 3 rings (SSSR count). The van der Waals surface area contributed by atoms with Crippen molar-refractivity contribution < 1.29 is 9.18 Å². The zero-order valence-electron chi connectivity index (χ0n) is 16.5. The molecule has 1 aliphatic heterocycles. The Labute approximate surface area is 172 Å². The molecule has 152 valence electrons.